The van der Waals surface area contributed by atoms with Gasteiger partial charge in [-0.1, -0.05) is 34.4 Å². The summed E-state index contributed by atoms with van der Waals surface area (Å²) >= 11 is 11.1. The van der Waals surface area contributed by atoms with Crippen LogP contribution in [0, 0.1) is 6.92 Å². The number of hydrogen-bond acceptors (Lipinski definition) is 5. The minimum absolute atomic E-state index is 0.0742. The number of aryl methyl sites for hydroxylation is 1. The summed E-state index contributed by atoms with van der Waals surface area (Å²) < 4.78 is 12.9. The van der Waals surface area contributed by atoms with Crippen LogP contribution in [-0.2, 0) is 16.9 Å². The number of nitrogens with two attached hydrogens (primary N) is 1. The first kappa shape index (κ1) is 22.1. The van der Waals surface area contributed by atoms with Crippen LogP contribution in [-0.4, -0.2) is 37.4 Å². The fourth-order valence-electron chi connectivity index (χ4n) is 2.85. The molecule has 3 N–H and O–H groups in total. The molecule has 0 saturated heterocycles. The van der Waals surface area contributed by atoms with E-state index in [0.29, 0.717) is 16.3 Å². The predicted octanol–water partition coefficient (Wildman–Crippen LogP) is 3.11. The second kappa shape index (κ2) is 9.05. The second-order valence-electron chi connectivity index (χ2n) is 6.42. The number of rotatable bonds is 6. The monoisotopic (exact) mass is 465 g/mol. The largest absolute Gasteiger partial charge is 0.616 e. The first-order chi connectivity index (χ1) is 14.2. The molecule has 8 nitrogen and oxygen atoms in total. The van der Waals surface area contributed by atoms with Crippen LogP contribution in [0.2, 0.25) is 10.0 Å². The molecule has 2 heterocycles. The summed E-state index contributed by atoms with van der Waals surface area (Å²) in [7, 11) is 0. The Hall–Kier alpha value is -2.59. The van der Waals surface area contributed by atoms with Crippen LogP contribution < -0.4 is 11.1 Å². The molecule has 3 aromatic rings. The average molecular weight is 466 g/mol. The van der Waals surface area contributed by atoms with Gasteiger partial charge in [0.05, 0.1) is 22.5 Å². The molecule has 0 aliphatic carbocycles. The van der Waals surface area contributed by atoms with Crippen LogP contribution in [0.3, 0.4) is 0 Å². The van der Waals surface area contributed by atoms with Gasteiger partial charge in [0, 0.05) is 11.2 Å². The van der Waals surface area contributed by atoms with E-state index in [0.717, 1.165) is 0 Å². The van der Waals surface area contributed by atoms with Crippen molar-refractivity contribution in [2.45, 2.75) is 12.7 Å². The molecule has 2 aromatic heterocycles. The van der Waals surface area contributed by atoms with E-state index in [2.05, 4.69) is 15.4 Å². The summed E-state index contributed by atoms with van der Waals surface area (Å²) in [6.07, 6.45) is 3.04. The molecule has 0 fully saturated rings. The van der Waals surface area contributed by atoms with Crippen LogP contribution in [0.5, 0.6) is 0 Å². The number of amides is 2. The highest BCUT2D eigenvalue weighted by molar-refractivity contribution is 7.89. The molecule has 1 unspecified atom stereocenters. The molecule has 0 aliphatic rings. The highest BCUT2D eigenvalue weighted by atomic mass is 35.5. The molecular weight excluding hydrogens is 449 g/mol. The average Bonchev–Trinajstić information content (AvgIpc) is 3.06. The maximum atomic E-state index is 13.1. The lowest BCUT2D eigenvalue weighted by Gasteiger charge is -2.13. The number of nitrogens with one attached hydrogen (secondary N) is 1. The van der Waals surface area contributed by atoms with Gasteiger partial charge in [-0.3, -0.25) is 9.59 Å². The summed E-state index contributed by atoms with van der Waals surface area (Å²) in [5.74, 6) is -0.936. The summed E-state index contributed by atoms with van der Waals surface area (Å²) in [6, 6.07) is 7.73. The van der Waals surface area contributed by atoms with Gasteiger partial charge in [0.25, 0.3) is 11.8 Å². The van der Waals surface area contributed by atoms with E-state index in [4.69, 9.17) is 28.9 Å². The summed E-state index contributed by atoms with van der Waals surface area (Å²) in [5.41, 5.74) is 6.82. The molecule has 3 rings (SSSR count). The van der Waals surface area contributed by atoms with Crippen molar-refractivity contribution in [2.24, 2.45) is 5.73 Å². The van der Waals surface area contributed by atoms with Gasteiger partial charge in [0.1, 0.15) is 17.1 Å². The van der Waals surface area contributed by atoms with Crippen molar-refractivity contribution in [3.05, 3.63) is 69.1 Å². The molecule has 0 bridgehead atoms. The quantitative estimate of drug-likeness (QED) is 0.540. The number of hydrogen-bond donors (Lipinski definition) is 2. The van der Waals surface area contributed by atoms with Crippen molar-refractivity contribution >= 4 is 51.9 Å². The molecule has 0 saturated carbocycles. The Kier molecular flexibility index (Phi) is 6.67. The SMILES string of the molecule is Cc1cc(Cl)cc(C(N)=O)c1NC(=O)c1cc(C[S+](C)[O-])nn1-c1ncccc1Cl. The highest BCUT2D eigenvalue weighted by Gasteiger charge is 2.23. The Balaban J connectivity index is 2.08. The van der Waals surface area contributed by atoms with E-state index in [1.807, 2.05) is 0 Å². The van der Waals surface area contributed by atoms with E-state index >= 15 is 0 Å². The molecule has 0 aliphatic heterocycles. The van der Waals surface area contributed by atoms with Gasteiger partial charge in [0.2, 0.25) is 0 Å². The lowest BCUT2D eigenvalue weighted by molar-refractivity contribution is 0.100. The smallest absolute Gasteiger partial charge is 0.274 e. The van der Waals surface area contributed by atoms with Crippen LogP contribution in [0.15, 0.2) is 36.5 Å². The minimum atomic E-state index is -1.18. The number of benzene rings is 1. The third kappa shape index (κ3) is 4.76. The Morgan fingerprint density at radius 1 is 1.30 bits per heavy atom. The number of anilines is 1. The van der Waals surface area contributed by atoms with Gasteiger partial charge < -0.3 is 15.6 Å². The number of aromatic nitrogens is 3. The Labute approximate surface area is 185 Å². The predicted molar refractivity (Wildman–Crippen MR) is 117 cm³/mol. The third-order valence-corrected chi connectivity index (χ3v) is 5.30. The van der Waals surface area contributed by atoms with Crippen LogP contribution in [0.4, 0.5) is 5.69 Å². The zero-order valence-electron chi connectivity index (χ0n) is 16.0. The molecule has 1 atom stereocenters. The molecule has 11 heteroatoms. The van der Waals surface area contributed by atoms with Crippen molar-refractivity contribution < 1.29 is 14.1 Å². The second-order valence-corrected chi connectivity index (χ2v) is 8.70. The minimum Gasteiger partial charge on any atom is -0.616 e. The number of pyridine rings is 1. The topological polar surface area (TPSA) is 126 Å². The van der Waals surface area contributed by atoms with Crippen molar-refractivity contribution in [1.29, 1.82) is 0 Å². The number of carbonyl (C=O) groups excluding carboxylic acids is 2. The first-order valence-corrected chi connectivity index (χ1v) is 11.1. The number of halogens is 2. The molecule has 0 spiro atoms. The highest BCUT2D eigenvalue weighted by Crippen LogP contribution is 2.27. The molecular formula is C19H17Cl2N5O3S. The van der Waals surface area contributed by atoms with Gasteiger partial charge in [-0.15, -0.1) is 0 Å². The van der Waals surface area contributed by atoms with E-state index in [-0.39, 0.29) is 33.5 Å². The van der Waals surface area contributed by atoms with Crippen molar-refractivity contribution in [3.8, 4) is 5.82 Å². The molecule has 2 amide bonds. The summed E-state index contributed by atoms with van der Waals surface area (Å²) in [6.45, 7) is 1.69. The van der Waals surface area contributed by atoms with E-state index in [9.17, 15) is 14.1 Å². The maximum Gasteiger partial charge on any atom is 0.274 e. The first-order valence-electron chi connectivity index (χ1n) is 8.58. The number of primary amides is 1. The van der Waals surface area contributed by atoms with Gasteiger partial charge in [0.15, 0.2) is 5.82 Å². The van der Waals surface area contributed by atoms with Crippen molar-refractivity contribution in [1.82, 2.24) is 14.8 Å². The maximum absolute atomic E-state index is 13.1. The van der Waals surface area contributed by atoms with Gasteiger partial charge in [-0.2, -0.15) is 5.10 Å². The van der Waals surface area contributed by atoms with Crippen LogP contribution in [0.1, 0.15) is 32.1 Å². The fourth-order valence-corrected chi connectivity index (χ4v) is 3.88. The Morgan fingerprint density at radius 2 is 2.03 bits per heavy atom. The van der Waals surface area contributed by atoms with E-state index < -0.39 is 23.0 Å². The Morgan fingerprint density at radius 3 is 2.67 bits per heavy atom. The zero-order valence-corrected chi connectivity index (χ0v) is 18.3. The van der Waals surface area contributed by atoms with Crippen molar-refractivity contribution in [2.75, 3.05) is 11.6 Å². The lowest BCUT2D eigenvalue weighted by atomic mass is 10.1. The van der Waals surface area contributed by atoms with Crippen molar-refractivity contribution in [3.63, 3.8) is 0 Å². The lowest BCUT2D eigenvalue weighted by Crippen LogP contribution is -2.21. The van der Waals surface area contributed by atoms with Crippen LogP contribution >= 0.6 is 23.2 Å². The number of nitrogens with zero attached hydrogens (tertiary/aromatic N) is 3. The zero-order chi connectivity index (χ0) is 22.0. The normalized spacial score (nSPS) is 11.9. The van der Waals surface area contributed by atoms with E-state index in [1.54, 1.807) is 25.1 Å². The molecule has 30 heavy (non-hydrogen) atoms. The third-order valence-electron chi connectivity index (χ3n) is 4.09. The summed E-state index contributed by atoms with van der Waals surface area (Å²) in [4.78, 5) is 29.2. The van der Waals surface area contributed by atoms with Crippen LogP contribution in [0.25, 0.3) is 5.82 Å². The standard InChI is InChI=1S/C19H17Cl2N5O3S/c1-10-6-11(20)7-13(17(22)27)16(10)24-19(28)15-8-12(9-30(2)29)25-26(15)18-14(21)4-3-5-23-18/h3-8H,9H2,1-2H3,(H2,22,27)(H,24,28). The fraction of sp³-hybridized carbons (Fsp3) is 0.158. The molecule has 0 radical (unpaired) electrons. The van der Waals surface area contributed by atoms with E-state index in [1.165, 1.54) is 29.3 Å². The van der Waals surface area contributed by atoms with Gasteiger partial charge in [-0.25, -0.2) is 9.67 Å². The molecule has 156 valence electrons. The summed E-state index contributed by atoms with van der Waals surface area (Å²) in [5, 5.41) is 7.63. The number of carbonyl (C=O) groups is 2. The Bertz CT molecular complexity index is 1130. The van der Waals surface area contributed by atoms with Gasteiger partial charge in [-0.05, 0) is 42.8 Å². The molecule has 1 aromatic carbocycles. The van der Waals surface area contributed by atoms with Gasteiger partial charge >= 0.3 is 0 Å².